The summed E-state index contributed by atoms with van der Waals surface area (Å²) < 4.78 is 9.55. The molecule has 0 amide bonds. The van der Waals surface area contributed by atoms with E-state index < -0.39 is 0 Å². The summed E-state index contributed by atoms with van der Waals surface area (Å²) in [6.45, 7) is 4.82. The lowest BCUT2D eigenvalue weighted by Crippen LogP contribution is -2.25. The molecular weight excluding hydrogens is 272 g/mol. The van der Waals surface area contributed by atoms with Gasteiger partial charge < -0.3 is 9.73 Å². The highest BCUT2D eigenvalue weighted by molar-refractivity contribution is 7.10. The lowest BCUT2D eigenvalue weighted by Gasteiger charge is -2.20. The Labute approximate surface area is 123 Å². The average molecular weight is 292 g/mol. The van der Waals surface area contributed by atoms with E-state index in [1.165, 1.54) is 24.4 Å². The highest BCUT2D eigenvalue weighted by Gasteiger charge is 2.30. The quantitative estimate of drug-likeness (QED) is 0.810. The van der Waals surface area contributed by atoms with Crippen LogP contribution in [0.4, 0.5) is 5.00 Å². The van der Waals surface area contributed by atoms with Gasteiger partial charge in [-0.1, -0.05) is 11.4 Å². The van der Waals surface area contributed by atoms with Crippen LogP contribution in [-0.4, -0.2) is 27.1 Å². The molecule has 5 nitrogen and oxygen atoms in total. The van der Waals surface area contributed by atoms with Gasteiger partial charge >= 0.3 is 0 Å². The third-order valence-corrected chi connectivity index (χ3v) is 4.17. The number of anilines is 1. The first-order chi connectivity index (χ1) is 9.86. The molecular formula is C14H20N4OS. The molecule has 0 spiro atoms. The number of hydrogen-bond acceptors (Lipinski definition) is 6. The van der Waals surface area contributed by atoms with Crippen molar-refractivity contribution < 1.29 is 4.42 Å². The van der Waals surface area contributed by atoms with Crippen LogP contribution < -0.4 is 5.32 Å². The fourth-order valence-corrected chi connectivity index (χ4v) is 2.83. The molecule has 0 saturated heterocycles. The van der Waals surface area contributed by atoms with E-state index in [0.29, 0.717) is 6.04 Å². The molecule has 2 aromatic rings. The molecule has 3 rings (SSSR count). The molecule has 1 N–H and O–H groups in total. The first-order valence-corrected chi connectivity index (χ1v) is 7.95. The second-order valence-corrected chi connectivity index (χ2v) is 5.95. The van der Waals surface area contributed by atoms with Crippen LogP contribution in [0.1, 0.15) is 37.6 Å². The highest BCUT2D eigenvalue weighted by Crippen LogP contribution is 2.31. The fourth-order valence-electron chi connectivity index (χ4n) is 2.23. The van der Waals surface area contributed by atoms with Crippen molar-refractivity contribution in [3.8, 4) is 0 Å². The van der Waals surface area contributed by atoms with Gasteiger partial charge in [-0.15, -0.1) is 5.10 Å². The van der Waals surface area contributed by atoms with Gasteiger partial charge in [0.1, 0.15) is 16.5 Å². The predicted octanol–water partition coefficient (Wildman–Crippen LogP) is 3.12. The number of nitrogens with zero attached hydrogens (tertiary/aromatic N) is 3. The zero-order chi connectivity index (χ0) is 13.8. The third kappa shape index (κ3) is 3.37. The Morgan fingerprint density at radius 2 is 2.35 bits per heavy atom. The van der Waals surface area contributed by atoms with Crippen molar-refractivity contribution in [3.63, 3.8) is 0 Å². The van der Waals surface area contributed by atoms with E-state index >= 15 is 0 Å². The second-order valence-electron chi connectivity index (χ2n) is 5.19. The summed E-state index contributed by atoms with van der Waals surface area (Å²) >= 11 is 1.45. The maximum absolute atomic E-state index is 5.47. The first-order valence-electron chi connectivity index (χ1n) is 7.18. The third-order valence-electron chi connectivity index (χ3n) is 3.45. The molecule has 1 aliphatic carbocycles. The lowest BCUT2D eigenvalue weighted by molar-refractivity contribution is 0.223. The van der Waals surface area contributed by atoms with Crippen LogP contribution in [0.15, 0.2) is 22.8 Å². The second kappa shape index (κ2) is 6.37. The molecule has 0 radical (unpaired) electrons. The predicted molar refractivity (Wildman–Crippen MR) is 79.7 cm³/mol. The van der Waals surface area contributed by atoms with Crippen molar-refractivity contribution in [1.29, 1.82) is 0 Å². The van der Waals surface area contributed by atoms with Crippen LogP contribution >= 0.6 is 11.5 Å². The largest absolute Gasteiger partial charge is 0.468 e. The fraction of sp³-hybridized carbons (Fsp3) is 0.571. The zero-order valence-electron chi connectivity index (χ0n) is 11.7. The van der Waals surface area contributed by atoms with Crippen LogP contribution in [0.25, 0.3) is 0 Å². The number of rotatable bonds is 8. The molecule has 1 fully saturated rings. The summed E-state index contributed by atoms with van der Waals surface area (Å²) in [5, 5.41) is 8.80. The molecule has 2 heterocycles. The normalized spacial score (nSPS) is 14.9. The minimum Gasteiger partial charge on any atom is -0.468 e. The van der Waals surface area contributed by atoms with E-state index in [-0.39, 0.29) is 0 Å². The van der Waals surface area contributed by atoms with Gasteiger partial charge in [0.2, 0.25) is 0 Å². The molecule has 0 bridgehead atoms. The van der Waals surface area contributed by atoms with Crippen LogP contribution in [0, 0.1) is 0 Å². The summed E-state index contributed by atoms with van der Waals surface area (Å²) in [6.07, 6.45) is 5.39. The van der Waals surface area contributed by atoms with Crippen LogP contribution in [0.3, 0.4) is 0 Å². The van der Waals surface area contributed by atoms with Gasteiger partial charge in [-0.25, -0.2) is 0 Å². The maximum Gasteiger partial charge on any atom is 0.134 e. The molecule has 108 valence electrons. The van der Waals surface area contributed by atoms with Gasteiger partial charge in [-0.3, -0.25) is 4.90 Å². The van der Waals surface area contributed by atoms with Gasteiger partial charge in [0.25, 0.3) is 0 Å². The number of hydrogen-bond donors (Lipinski definition) is 1. The van der Waals surface area contributed by atoms with Crippen LogP contribution in [0.2, 0.25) is 0 Å². The summed E-state index contributed by atoms with van der Waals surface area (Å²) in [6, 6.07) is 4.64. The van der Waals surface area contributed by atoms with Gasteiger partial charge in [-0.2, -0.15) is 0 Å². The molecule has 20 heavy (non-hydrogen) atoms. The summed E-state index contributed by atoms with van der Waals surface area (Å²) in [4.78, 5) is 2.44. The molecule has 2 aromatic heterocycles. The minimum atomic E-state index is 0.667. The van der Waals surface area contributed by atoms with Crippen molar-refractivity contribution in [2.75, 3.05) is 11.9 Å². The van der Waals surface area contributed by atoms with Gasteiger partial charge in [-0.05, 0) is 31.4 Å². The Balaban J connectivity index is 1.65. The molecule has 1 saturated carbocycles. The smallest absolute Gasteiger partial charge is 0.134 e. The van der Waals surface area contributed by atoms with Crippen molar-refractivity contribution in [3.05, 3.63) is 29.9 Å². The number of aromatic nitrogens is 2. The van der Waals surface area contributed by atoms with Gasteiger partial charge in [0.05, 0.1) is 12.8 Å². The highest BCUT2D eigenvalue weighted by atomic mass is 32.1. The minimum absolute atomic E-state index is 0.667. The van der Waals surface area contributed by atoms with E-state index in [1.807, 2.05) is 12.1 Å². The summed E-state index contributed by atoms with van der Waals surface area (Å²) in [5.41, 5.74) is 1.06. The van der Waals surface area contributed by atoms with E-state index in [0.717, 1.165) is 42.5 Å². The molecule has 0 aliphatic heterocycles. The standard InChI is InChI=1S/C14H20N4OS/c1-2-7-15-14-13(16-17-20-14)10-18(11-5-6-11)9-12-4-3-8-19-12/h3-4,8,11,15H,2,5-7,9-10H2,1H3. The Hall–Kier alpha value is -1.40. The number of nitrogens with one attached hydrogen (secondary N) is 1. The van der Waals surface area contributed by atoms with Crippen molar-refractivity contribution in [1.82, 2.24) is 14.5 Å². The molecule has 0 unspecified atom stereocenters. The van der Waals surface area contributed by atoms with Crippen LogP contribution in [0.5, 0.6) is 0 Å². The average Bonchev–Trinajstić information content (AvgIpc) is 3.00. The van der Waals surface area contributed by atoms with Gasteiger partial charge in [0.15, 0.2) is 0 Å². The Bertz CT molecular complexity index is 521. The van der Waals surface area contributed by atoms with E-state index in [1.54, 1.807) is 6.26 Å². The molecule has 1 aliphatic rings. The molecule has 6 heteroatoms. The molecule has 0 aromatic carbocycles. The van der Waals surface area contributed by atoms with Crippen molar-refractivity contribution in [2.45, 2.75) is 45.3 Å². The summed E-state index contributed by atoms with van der Waals surface area (Å²) in [7, 11) is 0. The van der Waals surface area contributed by atoms with E-state index in [4.69, 9.17) is 4.42 Å². The molecule has 0 atom stereocenters. The number of furan rings is 1. The lowest BCUT2D eigenvalue weighted by atomic mass is 10.3. The van der Waals surface area contributed by atoms with Gasteiger partial charge in [0, 0.05) is 30.7 Å². The monoisotopic (exact) mass is 292 g/mol. The van der Waals surface area contributed by atoms with E-state index in [9.17, 15) is 0 Å². The zero-order valence-corrected chi connectivity index (χ0v) is 12.5. The van der Waals surface area contributed by atoms with Crippen LogP contribution in [-0.2, 0) is 13.1 Å². The topological polar surface area (TPSA) is 54.2 Å². The summed E-state index contributed by atoms with van der Waals surface area (Å²) in [5.74, 6) is 1.02. The Morgan fingerprint density at radius 3 is 3.05 bits per heavy atom. The Kier molecular flexibility index (Phi) is 4.32. The van der Waals surface area contributed by atoms with Crippen molar-refractivity contribution in [2.24, 2.45) is 0 Å². The maximum atomic E-state index is 5.47. The Morgan fingerprint density at radius 1 is 1.45 bits per heavy atom. The van der Waals surface area contributed by atoms with E-state index in [2.05, 4.69) is 26.7 Å². The first kappa shape index (κ1) is 13.6. The van der Waals surface area contributed by atoms with Crippen molar-refractivity contribution >= 4 is 16.5 Å². The SMILES string of the molecule is CCCNc1snnc1CN(Cc1ccco1)C1CC1.